The van der Waals surface area contributed by atoms with Gasteiger partial charge in [0.05, 0.1) is 0 Å². The van der Waals surface area contributed by atoms with Gasteiger partial charge in [-0.15, -0.1) is 0 Å². The van der Waals surface area contributed by atoms with Gasteiger partial charge in [0.2, 0.25) is 10.3 Å². The van der Waals surface area contributed by atoms with Crippen LogP contribution in [0.5, 0.6) is 0 Å². The Hall–Kier alpha value is -0.350. The first-order chi connectivity index (χ1) is 3.27. The Morgan fingerprint density at radius 2 is 2.29 bits per heavy atom. The predicted molar refractivity (Wildman–Crippen MR) is 27.9 cm³/mol. The van der Waals surface area contributed by atoms with Crippen molar-refractivity contribution in [1.82, 2.24) is 5.32 Å². The van der Waals surface area contributed by atoms with Gasteiger partial charge >= 0.3 is 0 Å². The molecule has 0 bridgehead atoms. The van der Waals surface area contributed by atoms with E-state index < -0.39 is 10.3 Å². The van der Waals surface area contributed by atoms with Crippen LogP contribution in [0.1, 0.15) is 0 Å². The van der Waals surface area contributed by atoms with Crippen LogP contribution in [0, 0.1) is 0 Å². The van der Waals surface area contributed by atoms with E-state index in [9.17, 15) is 8.42 Å². The van der Waals surface area contributed by atoms with Crippen LogP contribution in [0.3, 0.4) is 0 Å². The molecule has 3 nitrogen and oxygen atoms in total. The van der Waals surface area contributed by atoms with Crippen molar-refractivity contribution in [3.8, 4) is 0 Å². The maximum atomic E-state index is 9.61. The lowest BCUT2D eigenvalue weighted by Gasteiger charge is -1.77. The quantitative estimate of drug-likeness (QED) is 0.464. The average molecular weight is 120 g/mol. The van der Waals surface area contributed by atoms with Crippen molar-refractivity contribution in [3.63, 3.8) is 0 Å². The monoisotopic (exact) mass is 120 g/mol. The number of hydrogen-bond acceptors (Lipinski definition) is 3. The van der Waals surface area contributed by atoms with E-state index >= 15 is 0 Å². The fraction of sp³-hybridized carbons (Fsp3) is 0.667. The summed E-state index contributed by atoms with van der Waals surface area (Å²) in [6.45, 7) is 0.288. The van der Waals surface area contributed by atoms with Crippen molar-refractivity contribution in [2.24, 2.45) is 0 Å². The highest BCUT2D eigenvalue weighted by Crippen LogP contribution is 1.40. The molecule has 0 aliphatic heterocycles. The van der Waals surface area contributed by atoms with Crippen molar-refractivity contribution < 1.29 is 8.42 Å². The van der Waals surface area contributed by atoms with E-state index in [1.165, 1.54) is 0 Å². The lowest BCUT2D eigenvalue weighted by atomic mass is 10.8. The van der Waals surface area contributed by atoms with E-state index in [0.29, 0.717) is 0 Å². The fourth-order valence-corrected chi connectivity index (χ4v) is 0.393. The second kappa shape index (κ2) is 3.83. The minimum Gasteiger partial charge on any atom is -0.315 e. The summed E-state index contributed by atoms with van der Waals surface area (Å²) in [6.07, 6.45) is 0. The molecule has 0 aliphatic rings. The van der Waals surface area contributed by atoms with Crippen LogP contribution in [0.15, 0.2) is 0 Å². The van der Waals surface area contributed by atoms with Gasteiger partial charge in [-0.3, -0.25) is 0 Å². The van der Waals surface area contributed by atoms with Gasteiger partial charge in [-0.05, 0) is 7.05 Å². The number of hydrogen-bond donors (Lipinski definition) is 1. The first kappa shape index (κ1) is 6.65. The molecule has 7 heavy (non-hydrogen) atoms. The molecule has 0 aliphatic carbocycles. The summed E-state index contributed by atoms with van der Waals surface area (Å²) < 4.78 is 19.2. The topological polar surface area (TPSA) is 46.2 Å². The third kappa shape index (κ3) is 5.65. The minimum atomic E-state index is -2.13. The van der Waals surface area contributed by atoms with Gasteiger partial charge in [0, 0.05) is 6.54 Å². The van der Waals surface area contributed by atoms with E-state index in [0.717, 1.165) is 0 Å². The number of nitrogens with one attached hydrogen (secondary N) is 1. The maximum absolute atomic E-state index is 9.61. The van der Waals surface area contributed by atoms with Crippen molar-refractivity contribution in [2.45, 2.75) is 0 Å². The molecule has 4 heteroatoms. The average Bonchev–Trinajstić information content (AvgIpc) is 1.61. The molecule has 0 aromatic heterocycles. The SMILES string of the molecule is CNC[C]=S(=O)=O. The van der Waals surface area contributed by atoms with Crippen LogP contribution in [-0.2, 0) is 10.3 Å². The van der Waals surface area contributed by atoms with Gasteiger partial charge in [-0.2, -0.15) is 8.42 Å². The molecule has 0 spiro atoms. The molecule has 0 fully saturated rings. The van der Waals surface area contributed by atoms with Gasteiger partial charge in [0.25, 0.3) is 0 Å². The Morgan fingerprint density at radius 3 is 2.43 bits per heavy atom. The molecule has 0 saturated heterocycles. The Bertz CT molecular complexity index is 138. The van der Waals surface area contributed by atoms with Gasteiger partial charge in [0.1, 0.15) is 5.37 Å². The lowest BCUT2D eigenvalue weighted by molar-refractivity contribution is 0.627. The minimum absolute atomic E-state index is 0.288. The molecule has 1 radical (unpaired) electrons. The standard InChI is InChI=1S/C3H6NO2S/c1-4-2-3-7(5)6/h4H,2H2,1H3. The van der Waals surface area contributed by atoms with Crippen LogP contribution >= 0.6 is 0 Å². The van der Waals surface area contributed by atoms with E-state index in [4.69, 9.17) is 0 Å². The molecule has 1 N–H and O–H groups in total. The summed E-state index contributed by atoms with van der Waals surface area (Å²) in [4.78, 5) is 0. The first-order valence-electron chi connectivity index (χ1n) is 1.74. The zero-order valence-corrected chi connectivity index (χ0v) is 4.75. The van der Waals surface area contributed by atoms with Crippen LogP contribution in [0.2, 0.25) is 0 Å². The largest absolute Gasteiger partial charge is 0.315 e. The predicted octanol–water partition coefficient (Wildman–Crippen LogP) is -1.24. The molecule has 0 unspecified atom stereocenters. The van der Waals surface area contributed by atoms with Crippen LogP contribution in [-0.4, -0.2) is 27.4 Å². The normalized spacial score (nSPS) is 8.14. The van der Waals surface area contributed by atoms with Gasteiger partial charge in [0.15, 0.2) is 0 Å². The Balaban J connectivity index is 3.49. The van der Waals surface area contributed by atoms with Crippen molar-refractivity contribution in [3.05, 3.63) is 0 Å². The molecule has 0 aromatic rings. The van der Waals surface area contributed by atoms with E-state index in [-0.39, 0.29) is 6.54 Å². The summed E-state index contributed by atoms with van der Waals surface area (Å²) in [6, 6.07) is 0. The third-order valence-electron chi connectivity index (χ3n) is 0.367. The molecule has 0 atom stereocenters. The zero-order valence-electron chi connectivity index (χ0n) is 3.93. The summed E-state index contributed by atoms with van der Waals surface area (Å²) in [5.41, 5.74) is 0. The summed E-state index contributed by atoms with van der Waals surface area (Å²) >= 11 is 0. The Kier molecular flexibility index (Phi) is 3.64. The number of rotatable bonds is 2. The van der Waals surface area contributed by atoms with Crippen molar-refractivity contribution in [1.29, 1.82) is 0 Å². The molecule has 0 saturated carbocycles. The Morgan fingerprint density at radius 1 is 1.71 bits per heavy atom. The van der Waals surface area contributed by atoms with Gasteiger partial charge < -0.3 is 5.32 Å². The fourth-order valence-electron chi connectivity index (χ4n) is 0.131. The molecule has 0 amide bonds. The summed E-state index contributed by atoms with van der Waals surface area (Å²) in [7, 11) is -0.475. The second-order valence-corrected chi connectivity index (χ2v) is 1.67. The van der Waals surface area contributed by atoms with Crippen molar-refractivity contribution >= 4 is 15.7 Å². The van der Waals surface area contributed by atoms with Gasteiger partial charge in [-0.1, -0.05) is 0 Å². The molecule has 0 rings (SSSR count). The Labute approximate surface area is 43.9 Å². The highest BCUT2D eigenvalue weighted by atomic mass is 32.2. The smallest absolute Gasteiger partial charge is 0.219 e. The van der Waals surface area contributed by atoms with Crippen LogP contribution in [0.4, 0.5) is 0 Å². The lowest BCUT2D eigenvalue weighted by Crippen LogP contribution is -2.08. The second-order valence-electron chi connectivity index (χ2n) is 0.909. The van der Waals surface area contributed by atoms with Crippen LogP contribution < -0.4 is 5.32 Å². The van der Waals surface area contributed by atoms with Crippen LogP contribution in [0.25, 0.3) is 0 Å². The van der Waals surface area contributed by atoms with E-state index in [1.807, 2.05) is 0 Å². The molecular weight excluding hydrogens is 114 g/mol. The summed E-state index contributed by atoms with van der Waals surface area (Å²) in [5.74, 6) is 0. The van der Waals surface area contributed by atoms with Gasteiger partial charge in [-0.25, -0.2) is 0 Å². The molecule has 0 heterocycles. The zero-order chi connectivity index (χ0) is 5.70. The third-order valence-corrected chi connectivity index (χ3v) is 0.747. The highest BCUT2D eigenvalue weighted by Gasteiger charge is 1.69. The highest BCUT2D eigenvalue weighted by molar-refractivity contribution is 7.71. The maximum Gasteiger partial charge on any atom is 0.219 e. The first-order valence-corrected chi connectivity index (χ1v) is 2.82. The summed E-state index contributed by atoms with van der Waals surface area (Å²) in [5, 5.41) is 4.70. The molecule has 41 valence electrons. The molecular formula is C3H6NO2S. The van der Waals surface area contributed by atoms with E-state index in [2.05, 4.69) is 10.7 Å². The van der Waals surface area contributed by atoms with E-state index in [1.54, 1.807) is 7.05 Å². The van der Waals surface area contributed by atoms with Crippen molar-refractivity contribution in [2.75, 3.05) is 13.6 Å². The molecule has 0 aromatic carbocycles.